The molecular formula is C23H23N5O4S. The molecule has 0 radical (unpaired) electrons. The topological polar surface area (TPSA) is 100 Å². The van der Waals surface area contributed by atoms with Crippen LogP contribution in [0.5, 0.6) is 11.5 Å². The van der Waals surface area contributed by atoms with Crippen LogP contribution in [0.15, 0.2) is 46.7 Å². The van der Waals surface area contributed by atoms with Gasteiger partial charge in [0.2, 0.25) is 12.7 Å². The number of carbonyl (C=O) groups is 1. The van der Waals surface area contributed by atoms with Crippen LogP contribution in [0, 0.1) is 0 Å². The second-order valence-corrected chi connectivity index (χ2v) is 9.69. The second kappa shape index (κ2) is 8.04. The molecule has 0 atom stereocenters. The number of aromatic nitrogens is 4. The molecular weight excluding hydrogens is 442 g/mol. The van der Waals surface area contributed by atoms with Crippen molar-refractivity contribution in [2.45, 2.75) is 39.4 Å². The van der Waals surface area contributed by atoms with Gasteiger partial charge < -0.3 is 14.8 Å². The molecule has 0 saturated heterocycles. The molecule has 5 rings (SSSR count). The van der Waals surface area contributed by atoms with E-state index in [-0.39, 0.29) is 24.8 Å². The van der Waals surface area contributed by atoms with Gasteiger partial charge >= 0.3 is 0 Å². The third-order valence-corrected chi connectivity index (χ3v) is 6.17. The average Bonchev–Trinajstić information content (AvgIpc) is 3.53. The van der Waals surface area contributed by atoms with Crippen LogP contribution in [-0.2, 0) is 23.4 Å². The molecule has 0 bridgehead atoms. The second-order valence-electron chi connectivity index (χ2n) is 8.74. The van der Waals surface area contributed by atoms with Crippen molar-refractivity contribution < 1.29 is 14.3 Å². The number of fused-ring (bicyclic) bond motifs is 2. The molecule has 0 fully saturated rings. The summed E-state index contributed by atoms with van der Waals surface area (Å²) in [6, 6.07) is 9.37. The summed E-state index contributed by atoms with van der Waals surface area (Å²) < 4.78 is 13.6. The van der Waals surface area contributed by atoms with E-state index in [1.54, 1.807) is 10.9 Å². The molecule has 9 nitrogen and oxygen atoms in total. The summed E-state index contributed by atoms with van der Waals surface area (Å²) in [6.07, 6.45) is 1.67. The molecule has 10 heteroatoms. The Morgan fingerprint density at radius 3 is 2.79 bits per heavy atom. The largest absolute Gasteiger partial charge is 0.454 e. The Hall–Kier alpha value is -3.66. The third-order valence-electron chi connectivity index (χ3n) is 5.29. The maximum atomic E-state index is 13.3. The highest BCUT2D eigenvalue weighted by atomic mass is 32.1. The lowest BCUT2D eigenvalue weighted by atomic mass is 10.1. The number of nitrogens with zero attached hydrogens (tertiary/aromatic N) is 4. The predicted molar refractivity (Wildman–Crippen MR) is 125 cm³/mol. The van der Waals surface area contributed by atoms with Crippen LogP contribution in [0.2, 0.25) is 0 Å². The van der Waals surface area contributed by atoms with Gasteiger partial charge in [-0.15, -0.1) is 11.3 Å². The first-order valence-electron chi connectivity index (χ1n) is 10.5. The van der Waals surface area contributed by atoms with Crippen LogP contribution >= 0.6 is 11.3 Å². The van der Waals surface area contributed by atoms with Gasteiger partial charge in [-0.1, -0.05) is 12.1 Å². The first kappa shape index (κ1) is 21.2. The molecule has 1 aliphatic heterocycles. The summed E-state index contributed by atoms with van der Waals surface area (Å²) in [4.78, 5) is 27.0. The average molecular weight is 466 g/mol. The minimum Gasteiger partial charge on any atom is -0.454 e. The number of rotatable bonds is 5. The van der Waals surface area contributed by atoms with Crippen molar-refractivity contribution in [1.29, 1.82) is 0 Å². The van der Waals surface area contributed by atoms with E-state index in [1.807, 2.05) is 56.5 Å². The van der Waals surface area contributed by atoms with Gasteiger partial charge in [0.25, 0.3) is 5.56 Å². The van der Waals surface area contributed by atoms with Crippen LogP contribution in [-0.4, -0.2) is 32.3 Å². The van der Waals surface area contributed by atoms with E-state index in [1.165, 1.54) is 16.0 Å². The first-order valence-corrected chi connectivity index (χ1v) is 11.4. The van der Waals surface area contributed by atoms with Gasteiger partial charge in [-0.05, 0) is 49.9 Å². The van der Waals surface area contributed by atoms with E-state index >= 15 is 0 Å². The fourth-order valence-electron chi connectivity index (χ4n) is 3.72. The molecule has 1 aliphatic rings. The number of carbonyl (C=O) groups excluding carboxylic acids is 1. The molecule has 4 aromatic rings. The van der Waals surface area contributed by atoms with Crippen molar-refractivity contribution in [2.75, 3.05) is 6.79 Å². The Balaban J connectivity index is 1.45. The van der Waals surface area contributed by atoms with Crippen molar-refractivity contribution >= 4 is 28.1 Å². The van der Waals surface area contributed by atoms with Crippen LogP contribution in [0.4, 0.5) is 0 Å². The molecule has 1 amide bonds. The fraction of sp³-hybridized carbons (Fsp3) is 0.304. The van der Waals surface area contributed by atoms with Gasteiger partial charge in [-0.25, -0.2) is 4.68 Å². The standard InChI is InChI=1S/C23H23N5O4S/c1-23(2,3)28-21-15(11-25-28)20(18-5-4-8-33-18)26-27(22(21)30)12-19(29)24-10-14-6-7-16-17(9-14)32-13-31-16/h4-9,11H,10,12-13H2,1-3H3,(H,24,29). The van der Waals surface area contributed by atoms with Crippen LogP contribution in [0.3, 0.4) is 0 Å². The molecule has 0 spiro atoms. The number of benzene rings is 1. The molecule has 170 valence electrons. The van der Waals surface area contributed by atoms with Crippen molar-refractivity contribution in [3.8, 4) is 22.1 Å². The first-order chi connectivity index (χ1) is 15.8. The summed E-state index contributed by atoms with van der Waals surface area (Å²) in [5.41, 5.74) is 1.18. The Morgan fingerprint density at radius 2 is 2.03 bits per heavy atom. The van der Waals surface area contributed by atoms with E-state index in [0.29, 0.717) is 34.6 Å². The summed E-state index contributed by atoms with van der Waals surface area (Å²) >= 11 is 1.52. The smallest absolute Gasteiger partial charge is 0.293 e. The predicted octanol–water partition coefficient (Wildman–Crippen LogP) is 3.12. The molecule has 4 heterocycles. The normalized spacial score (nSPS) is 12.9. The Morgan fingerprint density at radius 1 is 1.21 bits per heavy atom. The summed E-state index contributed by atoms with van der Waals surface area (Å²) in [7, 11) is 0. The third kappa shape index (κ3) is 3.97. The van der Waals surface area contributed by atoms with E-state index in [2.05, 4.69) is 15.5 Å². The van der Waals surface area contributed by atoms with Gasteiger partial charge in [-0.2, -0.15) is 10.2 Å². The monoisotopic (exact) mass is 465 g/mol. The fourth-order valence-corrected chi connectivity index (χ4v) is 4.45. The van der Waals surface area contributed by atoms with Crippen molar-refractivity contribution in [3.63, 3.8) is 0 Å². The van der Waals surface area contributed by atoms with E-state index in [4.69, 9.17) is 9.47 Å². The number of thiophene rings is 1. The Labute approximate surface area is 193 Å². The lowest BCUT2D eigenvalue weighted by Gasteiger charge is -2.20. The van der Waals surface area contributed by atoms with Gasteiger partial charge in [0.15, 0.2) is 11.5 Å². The molecule has 1 N–H and O–H groups in total. The SMILES string of the molecule is CC(C)(C)n1ncc2c(-c3cccs3)nn(CC(=O)NCc3ccc4c(c3)OCO4)c(=O)c21. The Kier molecular flexibility index (Phi) is 5.16. The van der Waals surface area contributed by atoms with Crippen LogP contribution in [0.25, 0.3) is 21.5 Å². The lowest BCUT2D eigenvalue weighted by molar-refractivity contribution is -0.122. The van der Waals surface area contributed by atoms with Gasteiger partial charge in [0.1, 0.15) is 17.8 Å². The zero-order valence-electron chi connectivity index (χ0n) is 18.5. The minimum absolute atomic E-state index is 0.194. The van der Waals surface area contributed by atoms with Gasteiger partial charge in [-0.3, -0.25) is 14.3 Å². The van der Waals surface area contributed by atoms with Crippen molar-refractivity contribution in [2.24, 2.45) is 0 Å². The Bertz CT molecular complexity index is 1400. The zero-order valence-corrected chi connectivity index (χ0v) is 19.3. The van der Waals surface area contributed by atoms with E-state index < -0.39 is 5.54 Å². The number of amides is 1. The number of ether oxygens (including phenoxy) is 2. The maximum Gasteiger partial charge on any atom is 0.293 e. The highest BCUT2D eigenvalue weighted by molar-refractivity contribution is 7.13. The van der Waals surface area contributed by atoms with Crippen LogP contribution in [0.1, 0.15) is 26.3 Å². The number of hydrogen-bond donors (Lipinski definition) is 1. The molecule has 0 unspecified atom stereocenters. The van der Waals surface area contributed by atoms with Gasteiger partial charge in [0.05, 0.1) is 22.0 Å². The summed E-state index contributed by atoms with van der Waals surface area (Å²) in [6.45, 7) is 6.22. The van der Waals surface area contributed by atoms with Crippen molar-refractivity contribution in [1.82, 2.24) is 24.9 Å². The van der Waals surface area contributed by atoms with Crippen molar-refractivity contribution in [3.05, 3.63) is 57.8 Å². The zero-order chi connectivity index (χ0) is 23.2. The lowest BCUT2D eigenvalue weighted by Crippen LogP contribution is -2.35. The highest BCUT2D eigenvalue weighted by Gasteiger charge is 2.24. The quantitative estimate of drug-likeness (QED) is 0.486. The molecule has 0 aliphatic carbocycles. The minimum atomic E-state index is -0.408. The molecule has 0 saturated carbocycles. The molecule has 33 heavy (non-hydrogen) atoms. The van der Waals surface area contributed by atoms with Crippen LogP contribution < -0.4 is 20.3 Å². The maximum absolute atomic E-state index is 13.3. The number of nitrogens with one attached hydrogen (secondary N) is 1. The highest BCUT2D eigenvalue weighted by Crippen LogP contribution is 2.32. The molecule has 1 aromatic carbocycles. The molecule has 3 aromatic heterocycles. The van der Waals surface area contributed by atoms with E-state index in [9.17, 15) is 9.59 Å². The summed E-state index contributed by atoms with van der Waals surface area (Å²) in [5, 5.41) is 14.5. The van der Waals surface area contributed by atoms with Gasteiger partial charge in [0, 0.05) is 6.54 Å². The number of hydrogen-bond acceptors (Lipinski definition) is 7. The van der Waals surface area contributed by atoms with E-state index in [0.717, 1.165) is 10.4 Å². The summed E-state index contributed by atoms with van der Waals surface area (Å²) in [5.74, 6) is 1.02.